The Kier molecular flexibility index (Phi) is 4.51. The molecule has 0 radical (unpaired) electrons. The first-order chi connectivity index (χ1) is 6.62. The largest absolute Gasteiger partial charge is 0.480 e. The standard InChI is InChI=1S/C8H13F4NO2/c1-8(2,5(10)6(11)12)4(9)3(13)7(14)15/h3-6H,13H2,1-2H3,(H,14,15)/t3-,4?,5?/m0/s1. The van der Waals surface area contributed by atoms with Crippen LogP contribution in [0.15, 0.2) is 0 Å². The third-order valence-corrected chi connectivity index (χ3v) is 2.24. The Morgan fingerprint density at radius 2 is 1.60 bits per heavy atom. The zero-order valence-electron chi connectivity index (χ0n) is 8.25. The second kappa shape index (κ2) is 4.78. The van der Waals surface area contributed by atoms with E-state index < -0.39 is 36.2 Å². The highest BCUT2D eigenvalue weighted by Gasteiger charge is 2.47. The average Bonchev–Trinajstić information content (AvgIpc) is 2.13. The van der Waals surface area contributed by atoms with Gasteiger partial charge in [0.1, 0.15) is 12.2 Å². The number of carbonyl (C=O) groups is 1. The van der Waals surface area contributed by atoms with E-state index in [2.05, 4.69) is 0 Å². The Balaban J connectivity index is 4.78. The van der Waals surface area contributed by atoms with Crippen LogP contribution in [0.25, 0.3) is 0 Å². The van der Waals surface area contributed by atoms with Gasteiger partial charge in [0.25, 0.3) is 6.43 Å². The molecule has 0 aromatic carbocycles. The second-order valence-electron chi connectivity index (χ2n) is 3.82. The topological polar surface area (TPSA) is 63.3 Å². The molecule has 7 heteroatoms. The molecule has 0 saturated carbocycles. The summed E-state index contributed by atoms with van der Waals surface area (Å²) in [6.07, 6.45) is -8.53. The van der Waals surface area contributed by atoms with E-state index in [1.54, 1.807) is 0 Å². The minimum Gasteiger partial charge on any atom is -0.480 e. The van der Waals surface area contributed by atoms with Crippen molar-refractivity contribution >= 4 is 5.97 Å². The van der Waals surface area contributed by atoms with Crippen LogP contribution in [-0.4, -0.2) is 35.9 Å². The monoisotopic (exact) mass is 231 g/mol. The molecular formula is C8H13F4NO2. The molecule has 0 aromatic heterocycles. The molecule has 15 heavy (non-hydrogen) atoms. The molecule has 0 aromatic rings. The molecule has 0 amide bonds. The summed E-state index contributed by atoms with van der Waals surface area (Å²) >= 11 is 0. The van der Waals surface area contributed by atoms with E-state index in [9.17, 15) is 22.4 Å². The zero-order chi connectivity index (χ0) is 12.4. The van der Waals surface area contributed by atoms with Crippen LogP contribution in [-0.2, 0) is 4.79 Å². The second-order valence-corrected chi connectivity index (χ2v) is 3.82. The quantitative estimate of drug-likeness (QED) is 0.702. The normalized spacial score (nSPS) is 18.7. The fraction of sp³-hybridized carbons (Fsp3) is 0.875. The van der Waals surface area contributed by atoms with Crippen molar-refractivity contribution in [2.75, 3.05) is 0 Å². The lowest BCUT2D eigenvalue weighted by atomic mass is 9.79. The van der Waals surface area contributed by atoms with Gasteiger partial charge in [-0.3, -0.25) is 4.79 Å². The molecule has 3 N–H and O–H groups in total. The van der Waals surface area contributed by atoms with Crippen LogP contribution in [0.5, 0.6) is 0 Å². The van der Waals surface area contributed by atoms with Crippen LogP contribution in [0.1, 0.15) is 13.8 Å². The van der Waals surface area contributed by atoms with Gasteiger partial charge in [0.05, 0.1) is 0 Å². The highest BCUT2D eigenvalue weighted by Crippen LogP contribution is 2.35. The molecule has 0 aliphatic heterocycles. The van der Waals surface area contributed by atoms with E-state index in [1.165, 1.54) is 0 Å². The van der Waals surface area contributed by atoms with Crippen molar-refractivity contribution in [2.24, 2.45) is 11.1 Å². The number of aliphatic carboxylic acids is 1. The third kappa shape index (κ3) is 3.05. The van der Waals surface area contributed by atoms with Gasteiger partial charge in [0.15, 0.2) is 6.17 Å². The molecule has 0 aliphatic rings. The highest BCUT2D eigenvalue weighted by molar-refractivity contribution is 5.74. The number of hydrogen-bond donors (Lipinski definition) is 2. The van der Waals surface area contributed by atoms with Crippen LogP contribution < -0.4 is 5.73 Å². The van der Waals surface area contributed by atoms with Crippen molar-refractivity contribution in [3.63, 3.8) is 0 Å². The van der Waals surface area contributed by atoms with Gasteiger partial charge in [-0.2, -0.15) is 0 Å². The number of hydrogen-bond acceptors (Lipinski definition) is 2. The molecular weight excluding hydrogens is 218 g/mol. The van der Waals surface area contributed by atoms with Gasteiger partial charge in [0, 0.05) is 5.41 Å². The summed E-state index contributed by atoms with van der Waals surface area (Å²) in [6, 6.07) is -2.02. The van der Waals surface area contributed by atoms with E-state index in [4.69, 9.17) is 10.8 Å². The molecule has 0 fully saturated rings. The minimum atomic E-state index is -3.38. The number of nitrogens with two attached hydrogens (primary N) is 1. The van der Waals surface area contributed by atoms with Crippen LogP contribution in [0.3, 0.4) is 0 Å². The molecule has 90 valence electrons. The molecule has 0 rings (SSSR count). The highest BCUT2D eigenvalue weighted by atomic mass is 19.3. The molecule has 2 unspecified atom stereocenters. The summed E-state index contributed by atoms with van der Waals surface area (Å²) in [7, 11) is 0. The Labute approximate surface area is 84.3 Å². The third-order valence-electron chi connectivity index (χ3n) is 2.24. The summed E-state index contributed by atoms with van der Waals surface area (Å²) < 4.78 is 50.3. The Morgan fingerprint density at radius 3 is 1.87 bits per heavy atom. The first kappa shape index (κ1) is 14.2. The van der Waals surface area contributed by atoms with Crippen LogP contribution in [0.4, 0.5) is 17.6 Å². The average molecular weight is 231 g/mol. The van der Waals surface area contributed by atoms with Crippen molar-refractivity contribution < 1.29 is 27.5 Å². The summed E-state index contributed by atoms with van der Waals surface area (Å²) in [5.74, 6) is -1.70. The SMILES string of the molecule is CC(C)(C(F)C(F)F)C(F)[C@H](N)C(=O)O. The van der Waals surface area contributed by atoms with Gasteiger partial charge in [-0.15, -0.1) is 0 Å². The molecule has 0 saturated heterocycles. The lowest BCUT2D eigenvalue weighted by Crippen LogP contribution is -2.51. The van der Waals surface area contributed by atoms with E-state index in [0.717, 1.165) is 13.8 Å². The van der Waals surface area contributed by atoms with Gasteiger partial charge in [-0.1, -0.05) is 13.8 Å². The number of alkyl halides is 4. The summed E-state index contributed by atoms with van der Waals surface area (Å²) in [4.78, 5) is 10.3. The van der Waals surface area contributed by atoms with Crippen molar-refractivity contribution in [3.8, 4) is 0 Å². The number of halogens is 4. The van der Waals surface area contributed by atoms with Crippen LogP contribution in [0.2, 0.25) is 0 Å². The molecule has 0 spiro atoms. The predicted molar refractivity (Wildman–Crippen MR) is 45.2 cm³/mol. The first-order valence-corrected chi connectivity index (χ1v) is 4.17. The number of carboxylic acid groups (broad SMARTS) is 1. The maximum absolute atomic E-state index is 13.4. The van der Waals surface area contributed by atoms with E-state index >= 15 is 0 Å². The van der Waals surface area contributed by atoms with Crippen molar-refractivity contribution in [1.29, 1.82) is 0 Å². The van der Waals surface area contributed by atoms with Crippen LogP contribution >= 0.6 is 0 Å². The Morgan fingerprint density at radius 1 is 1.20 bits per heavy atom. The zero-order valence-corrected chi connectivity index (χ0v) is 8.25. The van der Waals surface area contributed by atoms with Gasteiger partial charge in [0.2, 0.25) is 0 Å². The first-order valence-electron chi connectivity index (χ1n) is 4.17. The van der Waals surface area contributed by atoms with E-state index in [0.29, 0.717) is 0 Å². The van der Waals surface area contributed by atoms with E-state index in [-0.39, 0.29) is 0 Å². The van der Waals surface area contributed by atoms with E-state index in [1.807, 2.05) is 0 Å². The van der Waals surface area contributed by atoms with Crippen LogP contribution in [0, 0.1) is 5.41 Å². The van der Waals surface area contributed by atoms with Gasteiger partial charge in [-0.25, -0.2) is 17.6 Å². The fourth-order valence-corrected chi connectivity index (χ4v) is 1.06. The number of rotatable bonds is 5. The maximum atomic E-state index is 13.4. The van der Waals surface area contributed by atoms with Gasteiger partial charge in [-0.05, 0) is 0 Å². The summed E-state index contributed by atoms with van der Waals surface area (Å²) in [6.45, 7) is 1.74. The molecule has 3 nitrogen and oxygen atoms in total. The fourth-order valence-electron chi connectivity index (χ4n) is 1.06. The lowest BCUT2D eigenvalue weighted by molar-refractivity contribution is -0.143. The molecule has 3 atom stereocenters. The summed E-state index contributed by atoms with van der Waals surface area (Å²) in [5.41, 5.74) is 2.75. The van der Waals surface area contributed by atoms with Crippen molar-refractivity contribution in [2.45, 2.75) is 38.7 Å². The van der Waals surface area contributed by atoms with Gasteiger partial charge >= 0.3 is 5.97 Å². The van der Waals surface area contributed by atoms with Gasteiger partial charge < -0.3 is 10.8 Å². The van der Waals surface area contributed by atoms with Crippen molar-refractivity contribution in [3.05, 3.63) is 0 Å². The smallest absolute Gasteiger partial charge is 0.323 e. The number of carboxylic acids is 1. The summed E-state index contributed by atoms with van der Waals surface area (Å²) in [5, 5.41) is 8.36. The lowest BCUT2D eigenvalue weighted by Gasteiger charge is -2.33. The molecule has 0 aliphatic carbocycles. The minimum absolute atomic E-state index is 0.872. The van der Waals surface area contributed by atoms with Crippen molar-refractivity contribution in [1.82, 2.24) is 0 Å². The molecule has 0 heterocycles. The predicted octanol–water partition coefficient (Wildman–Crippen LogP) is 1.37. The Hall–Kier alpha value is -0.850. The Bertz CT molecular complexity index is 235. The molecule has 0 bridgehead atoms. The maximum Gasteiger partial charge on any atom is 0.323 e.